The van der Waals surface area contributed by atoms with Crippen molar-refractivity contribution in [2.24, 2.45) is 0 Å². The molecule has 484 valence electrons. The van der Waals surface area contributed by atoms with E-state index in [4.69, 9.17) is 18.5 Å². The monoisotopic (exact) mass is 1170 g/mol. The van der Waals surface area contributed by atoms with Crippen molar-refractivity contribution < 1.29 is 42.1 Å². The maximum atomic E-state index is 12.9. The maximum Gasteiger partial charge on any atom is 0.472 e. The van der Waals surface area contributed by atoms with Crippen LogP contribution in [-0.4, -0.2) is 74.9 Å². The van der Waals surface area contributed by atoms with Crippen molar-refractivity contribution in [1.29, 1.82) is 0 Å². The number of hydrogen-bond acceptors (Lipinski definition) is 7. The molecule has 0 rings (SSSR count). The van der Waals surface area contributed by atoms with Gasteiger partial charge in [0.1, 0.15) is 19.8 Å². The van der Waals surface area contributed by atoms with E-state index in [2.05, 4.69) is 13.8 Å². The van der Waals surface area contributed by atoms with Crippen LogP contribution in [0.4, 0.5) is 0 Å². The molecule has 0 aliphatic rings. The Morgan fingerprint density at radius 2 is 0.556 bits per heavy atom. The van der Waals surface area contributed by atoms with E-state index in [-0.39, 0.29) is 25.6 Å². The molecule has 0 aliphatic heterocycles. The van der Waals surface area contributed by atoms with Gasteiger partial charge in [-0.2, -0.15) is 0 Å². The average molecular weight is 1170 g/mol. The number of carbonyl (C=O) groups is 2. The minimum Gasteiger partial charge on any atom is -0.462 e. The summed E-state index contributed by atoms with van der Waals surface area (Å²) in [5, 5.41) is 0. The molecular weight excluding hydrogens is 1030 g/mol. The highest BCUT2D eigenvalue weighted by Gasteiger charge is 2.27. The van der Waals surface area contributed by atoms with Crippen LogP contribution in [0, 0.1) is 0 Å². The molecule has 0 bridgehead atoms. The Morgan fingerprint density at radius 1 is 0.333 bits per heavy atom. The summed E-state index contributed by atoms with van der Waals surface area (Å²) in [5.41, 5.74) is 0. The lowest BCUT2D eigenvalue weighted by atomic mass is 10.0. The molecule has 0 heterocycles. The van der Waals surface area contributed by atoms with Crippen LogP contribution < -0.4 is 0 Å². The highest BCUT2D eigenvalue weighted by molar-refractivity contribution is 7.47. The van der Waals surface area contributed by atoms with E-state index < -0.39 is 26.5 Å². The molecule has 0 saturated heterocycles. The van der Waals surface area contributed by atoms with Gasteiger partial charge < -0.3 is 18.9 Å². The van der Waals surface area contributed by atoms with Gasteiger partial charge in [-0.05, 0) is 12.8 Å². The van der Waals surface area contributed by atoms with Gasteiger partial charge in [0.15, 0.2) is 6.10 Å². The normalized spacial score (nSPS) is 13.0. The molecule has 0 spiro atoms. The number of nitrogens with zero attached hydrogens (tertiary/aromatic N) is 1. The van der Waals surface area contributed by atoms with Crippen molar-refractivity contribution in [2.45, 2.75) is 399 Å². The number of ether oxygens (including phenoxy) is 2. The van der Waals surface area contributed by atoms with E-state index in [0.29, 0.717) is 17.4 Å². The van der Waals surface area contributed by atoms with Crippen LogP contribution in [0.5, 0.6) is 0 Å². The number of carbonyl (C=O) groups excluding carboxylic acids is 2. The van der Waals surface area contributed by atoms with Gasteiger partial charge in [0, 0.05) is 12.8 Å². The van der Waals surface area contributed by atoms with Crippen molar-refractivity contribution >= 4 is 19.8 Å². The molecule has 10 heteroatoms. The fraction of sp³-hybridized carbons (Fsp3) is 0.972. The average Bonchev–Trinajstić information content (AvgIpc) is 3.43. The second-order valence-corrected chi connectivity index (χ2v) is 27.8. The van der Waals surface area contributed by atoms with Crippen LogP contribution in [0.25, 0.3) is 0 Å². The maximum absolute atomic E-state index is 12.9. The van der Waals surface area contributed by atoms with Crippen LogP contribution in [0.2, 0.25) is 0 Å². The first kappa shape index (κ1) is 80.0. The highest BCUT2D eigenvalue weighted by atomic mass is 31.2. The predicted molar refractivity (Wildman–Crippen MR) is 349 cm³/mol. The summed E-state index contributed by atoms with van der Waals surface area (Å²) < 4.78 is 34.8. The summed E-state index contributed by atoms with van der Waals surface area (Å²) in [6.07, 6.45) is 76.5. The predicted octanol–water partition coefficient (Wildman–Crippen LogP) is 23.3. The minimum atomic E-state index is -4.38. The lowest BCUT2D eigenvalue weighted by Gasteiger charge is -2.24. The molecule has 81 heavy (non-hydrogen) atoms. The third-order valence-corrected chi connectivity index (χ3v) is 17.9. The van der Waals surface area contributed by atoms with Crippen LogP contribution in [0.15, 0.2) is 0 Å². The van der Waals surface area contributed by atoms with Gasteiger partial charge in [-0.15, -0.1) is 0 Å². The van der Waals surface area contributed by atoms with Crippen LogP contribution >= 0.6 is 7.82 Å². The summed E-state index contributed by atoms with van der Waals surface area (Å²) in [7, 11) is 1.51. The lowest BCUT2D eigenvalue weighted by Crippen LogP contribution is -2.37. The van der Waals surface area contributed by atoms with Crippen LogP contribution in [-0.2, 0) is 32.7 Å². The van der Waals surface area contributed by atoms with Gasteiger partial charge in [-0.25, -0.2) is 4.57 Å². The molecular formula is C71H143NO8P+. The molecule has 0 aromatic rings. The number of esters is 2. The molecule has 2 unspecified atom stereocenters. The Morgan fingerprint density at radius 3 is 0.790 bits per heavy atom. The summed E-state index contributed by atoms with van der Waals surface area (Å²) in [6.45, 7) is 4.54. The largest absolute Gasteiger partial charge is 0.472 e. The molecule has 0 aromatic heterocycles. The Balaban J connectivity index is 3.95. The molecule has 0 aliphatic carbocycles. The van der Waals surface area contributed by atoms with Gasteiger partial charge in [0.05, 0.1) is 27.7 Å². The second-order valence-electron chi connectivity index (χ2n) is 26.4. The Kier molecular flexibility index (Phi) is 62.7. The second kappa shape index (κ2) is 63.5. The van der Waals surface area contributed by atoms with E-state index in [0.717, 1.165) is 38.5 Å². The third-order valence-electron chi connectivity index (χ3n) is 16.9. The number of hydrogen-bond donors (Lipinski definition) is 1. The van der Waals surface area contributed by atoms with E-state index in [1.807, 2.05) is 21.1 Å². The van der Waals surface area contributed by atoms with Crippen molar-refractivity contribution in [3.63, 3.8) is 0 Å². The van der Waals surface area contributed by atoms with E-state index in [9.17, 15) is 19.0 Å². The topological polar surface area (TPSA) is 108 Å². The van der Waals surface area contributed by atoms with Gasteiger partial charge in [-0.3, -0.25) is 18.6 Å². The number of rotatable bonds is 69. The van der Waals surface area contributed by atoms with Crippen molar-refractivity contribution in [2.75, 3.05) is 47.5 Å². The third kappa shape index (κ3) is 68.0. The lowest BCUT2D eigenvalue weighted by molar-refractivity contribution is -0.870. The van der Waals surface area contributed by atoms with Crippen molar-refractivity contribution in [3.8, 4) is 0 Å². The van der Waals surface area contributed by atoms with Crippen molar-refractivity contribution in [1.82, 2.24) is 0 Å². The smallest absolute Gasteiger partial charge is 0.462 e. The summed E-state index contributed by atoms with van der Waals surface area (Å²) in [5.74, 6) is -0.766. The fourth-order valence-corrected chi connectivity index (χ4v) is 12.1. The Bertz CT molecular complexity index is 1330. The quantitative estimate of drug-likeness (QED) is 0.0278. The number of phosphoric acid groups is 1. The fourth-order valence-electron chi connectivity index (χ4n) is 11.3. The molecule has 2 atom stereocenters. The zero-order valence-corrected chi connectivity index (χ0v) is 56.2. The number of phosphoric ester groups is 1. The molecule has 0 aromatic carbocycles. The molecule has 9 nitrogen and oxygen atoms in total. The zero-order valence-electron chi connectivity index (χ0n) is 55.3. The highest BCUT2D eigenvalue weighted by Crippen LogP contribution is 2.43. The van der Waals surface area contributed by atoms with Gasteiger partial charge in [0.25, 0.3) is 0 Å². The van der Waals surface area contributed by atoms with Crippen LogP contribution in [0.1, 0.15) is 393 Å². The molecule has 0 fully saturated rings. The number of quaternary nitrogens is 1. The molecule has 1 N–H and O–H groups in total. The first-order valence-electron chi connectivity index (χ1n) is 36.3. The zero-order chi connectivity index (χ0) is 59.1. The number of unbranched alkanes of at least 4 members (excludes halogenated alkanes) is 55. The first-order valence-corrected chi connectivity index (χ1v) is 37.8. The summed E-state index contributed by atoms with van der Waals surface area (Å²) >= 11 is 0. The molecule has 0 saturated carbocycles. The van der Waals surface area contributed by atoms with Crippen LogP contribution in [0.3, 0.4) is 0 Å². The van der Waals surface area contributed by atoms with Gasteiger partial charge in [0.2, 0.25) is 0 Å². The Hall–Kier alpha value is -0.990. The Labute approximate surface area is 505 Å². The minimum absolute atomic E-state index is 0.0378. The summed E-state index contributed by atoms with van der Waals surface area (Å²) in [6, 6.07) is 0. The summed E-state index contributed by atoms with van der Waals surface area (Å²) in [4.78, 5) is 35.9. The first-order chi connectivity index (χ1) is 39.5. The van der Waals surface area contributed by atoms with Gasteiger partial charge in [-0.1, -0.05) is 367 Å². The van der Waals surface area contributed by atoms with Crippen molar-refractivity contribution in [3.05, 3.63) is 0 Å². The van der Waals surface area contributed by atoms with E-state index >= 15 is 0 Å². The standard InChI is InChI=1S/C71H142NO8P/c1-6-8-10-12-14-16-18-20-22-24-26-28-30-32-34-36-38-40-42-44-46-48-50-52-54-56-58-60-62-64-71(74)80-69(68-79-81(75,76)78-66-65-72(3,4)5)67-77-70(73)63-61-59-57-55-53-51-49-47-45-43-41-39-37-35-33-31-29-27-25-23-21-19-17-15-13-11-9-7-2/h69H,6-68H2,1-5H3/p+1. The van der Waals surface area contributed by atoms with E-state index in [1.165, 1.54) is 327 Å². The van der Waals surface area contributed by atoms with Gasteiger partial charge >= 0.3 is 19.8 Å². The van der Waals surface area contributed by atoms with E-state index in [1.54, 1.807) is 0 Å². The molecule has 0 amide bonds. The SMILES string of the molecule is CCCCCCCCCCCCCCCCCCCCCCCCCCCCCCCC(=O)OC(COC(=O)CCCCCCCCCCCCCCCCCCCCCCCCCCCCCC)COP(=O)(O)OCC[N+](C)(C)C. The molecule has 0 radical (unpaired) electrons. The number of likely N-dealkylation sites (N-methyl/N-ethyl adjacent to an activating group) is 1.